The quantitative estimate of drug-likeness (QED) is 0.584. The Hall–Kier alpha value is -3.61. The maximum Gasteiger partial charge on any atom is 0.322 e. The number of hydrogen-bond donors (Lipinski definition) is 1. The number of nitrogens with zero attached hydrogens (tertiary/aromatic N) is 2. The van der Waals surface area contributed by atoms with Crippen LogP contribution in [0, 0.1) is 11.6 Å². The molecule has 0 aliphatic rings. The number of halogens is 2. The zero-order valence-corrected chi connectivity index (χ0v) is 13.9. The molecule has 0 bridgehead atoms. The number of fused-ring (bicyclic) bond motifs is 1. The van der Waals surface area contributed by atoms with Crippen molar-refractivity contribution in [2.45, 2.75) is 6.42 Å². The third-order valence-electron chi connectivity index (χ3n) is 4.01. The highest BCUT2D eigenvalue weighted by Gasteiger charge is 2.15. The molecule has 3 aromatic carbocycles. The number of carbonyl (C=O) groups excluding carboxylic acids is 1. The van der Waals surface area contributed by atoms with Crippen LogP contribution in [-0.2, 0) is 11.2 Å². The van der Waals surface area contributed by atoms with E-state index in [1.54, 1.807) is 0 Å². The van der Waals surface area contributed by atoms with Crippen molar-refractivity contribution in [1.82, 2.24) is 10.2 Å². The van der Waals surface area contributed by atoms with Crippen molar-refractivity contribution in [3.63, 3.8) is 0 Å². The highest BCUT2D eigenvalue weighted by Crippen LogP contribution is 2.23. The minimum atomic E-state index is -0.826. The van der Waals surface area contributed by atoms with Gasteiger partial charge in [-0.2, -0.15) is 0 Å². The van der Waals surface area contributed by atoms with Gasteiger partial charge in [0.15, 0.2) is 0 Å². The first-order valence-corrected chi connectivity index (χ1v) is 8.15. The van der Waals surface area contributed by atoms with Gasteiger partial charge in [-0.1, -0.05) is 47.6 Å². The second-order valence-corrected chi connectivity index (χ2v) is 5.94. The first-order valence-electron chi connectivity index (χ1n) is 8.15. The molecule has 0 spiro atoms. The summed E-state index contributed by atoms with van der Waals surface area (Å²) in [5.74, 6) is -2.03. The maximum absolute atomic E-state index is 13.8. The molecule has 0 atom stereocenters. The normalized spacial score (nSPS) is 10.9. The molecule has 5 nitrogen and oxygen atoms in total. The van der Waals surface area contributed by atoms with Crippen LogP contribution in [0.5, 0.6) is 0 Å². The van der Waals surface area contributed by atoms with E-state index in [2.05, 4.69) is 15.5 Å². The van der Waals surface area contributed by atoms with E-state index >= 15 is 0 Å². The van der Waals surface area contributed by atoms with Gasteiger partial charge in [0.05, 0.1) is 12.0 Å². The number of hydrogen-bond acceptors (Lipinski definition) is 4. The molecule has 134 valence electrons. The first-order chi connectivity index (χ1) is 13.1. The van der Waals surface area contributed by atoms with Gasteiger partial charge in [-0.25, -0.2) is 8.78 Å². The summed E-state index contributed by atoms with van der Waals surface area (Å²) in [7, 11) is 0. The van der Waals surface area contributed by atoms with Crippen molar-refractivity contribution < 1.29 is 18.0 Å². The van der Waals surface area contributed by atoms with Crippen molar-refractivity contribution in [1.29, 1.82) is 0 Å². The lowest BCUT2D eigenvalue weighted by molar-refractivity contribution is -0.115. The second-order valence-electron chi connectivity index (χ2n) is 5.94. The molecule has 1 N–H and O–H groups in total. The van der Waals surface area contributed by atoms with E-state index in [-0.39, 0.29) is 29.8 Å². The molecule has 27 heavy (non-hydrogen) atoms. The molecule has 0 saturated heterocycles. The van der Waals surface area contributed by atoms with E-state index in [9.17, 15) is 13.6 Å². The molecule has 4 aromatic rings. The lowest BCUT2D eigenvalue weighted by Gasteiger charge is -2.03. The van der Waals surface area contributed by atoms with Gasteiger partial charge < -0.3 is 4.42 Å². The van der Waals surface area contributed by atoms with Crippen LogP contribution in [0.4, 0.5) is 14.8 Å². The fourth-order valence-corrected chi connectivity index (χ4v) is 2.74. The second kappa shape index (κ2) is 6.95. The van der Waals surface area contributed by atoms with Crippen LogP contribution in [0.3, 0.4) is 0 Å². The van der Waals surface area contributed by atoms with Crippen molar-refractivity contribution in [2.24, 2.45) is 0 Å². The van der Waals surface area contributed by atoms with Gasteiger partial charge in [0.1, 0.15) is 11.6 Å². The van der Waals surface area contributed by atoms with Crippen LogP contribution in [0.25, 0.3) is 22.2 Å². The third kappa shape index (κ3) is 3.67. The predicted octanol–water partition coefficient (Wildman–Crippen LogP) is 4.35. The predicted molar refractivity (Wildman–Crippen MR) is 95.9 cm³/mol. The summed E-state index contributed by atoms with van der Waals surface area (Å²) >= 11 is 0. The van der Waals surface area contributed by atoms with Gasteiger partial charge in [0, 0.05) is 6.07 Å². The standard InChI is InChI=1S/C20H13F2N3O2/c21-15-7-8-16(17(22)11-15)19-24-25-20(27-19)23-18(26)10-12-5-6-13-3-1-2-4-14(13)9-12/h1-9,11H,10H2,(H,23,25,26). The lowest BCUT2D eigenvalue weighted by Crippen LogP contribution is -2.14. The average molecular weight is 365 g/mol. The van der Waals surface area contributed by atoms with E-state index in [1.807, 2.05) is 42.5 Å². The number of anilines is 1. The number of benzene rings is 3. The summed E-state index contributed by atoms with van der Waals surface area (Å²) in [6, 6.07) is 16.4. The summed E-state index contributed by atoms with van der Waals surface area (Å²) in [6.07, 6.45) is 0.119. The SMILES string of the molecule is O=C(Cc1ccc2ccccc2c1)Nc1nnc(-c2ccc(F)cc2F)o1. The summed E-state index contributed by atoms with van der Waals surface area (Å²) in [5, 5.41) is 12.0. The van der Waals surface area contributed by atoms with Gasteiger partial charge in [-0.3, -0.25) is 10.1 Å². The number of aromatic nitrogens is 2. The Labute approximate surface area is 152 Å². The molecule has 0 saturated carbocycles. The molecule has 0 aliphatic carbocycles. The third-order valence-corrected chi connectivity index (χ3v) is 4.01. The fourth-order valence-electron chi connectivity index (χ4n) is 2.74. The fraction of sp³-hybridized carbons (Fsp3) is 0.0500. The van der Waals surface area contributed by atoms with E-state index in [0.29, 0.717) is 0 Å². The average Bonchev–Trinajstić information content (AvgIpc) is 3.09. The molecule has 0 radical (unpaired) electrons. The Morgan fingerprint density at radius 3 is 2.59 bits per heavy atom. The molecule has 1 amide bonds. The number of nitrogens with one attached hydrogen (secondary N) is 1. The van der Waals surface area contributed by atoms with Gasteiger partial charge in [0.2, 0.25) is 5.91 Å². The van der Waals surface area contributed by atoms with Crippen LogP contribution in [0.1, 0.15) is 5.56 Å². The Morgan fingerprint density at radius 1 is 0.963 bits per heavy atom. The van der Waals surface area contributed by atoms with Crippen molar-refractivity contribution in [2.75, 3.05) is 5.32 Å². The minimum absolute atomic E-state index is 0.0427. The van der Waals surface area contributed by atoms with Crippen LogP contribution < -0.4 is 5.32 Å². The van der Waals surface area contributed by atoms with Gasteiger partial charge in [0.25, 0.3) is 5.89 Å². The van der Waals surface area contributed by atoms with Crippen molar-refractivity contribution >= 4 is 22.7 Å². The Kier molecular flexibility index (Phi) is 4.33. The van der Waals surface area contributed by atoms with Gasteiger partial charge in [-0.05, 0) is 28.5 Å². The number of carbonyl (C=O) groups is 1. The smallest absolute Gasteiger partial charge is 0.322 e. The topological polar surface area (TPSA) is 68.0 Å². The number of rotatable bonds is 4. The molecule has 0 aliphatic heterocycles. The van der Waals surface area contributed by atoms with Gasteiger partial charge in [-0.15, -0.1) is 5.10 Å². The van der Waals surface area contributed by atoms with Crippen LogP contribution in [0.15, 0.2) is 65.1 Å². The molecule has 4 rings (SSSR count). The molecule has 7 heteroatoms. The molecule has 1 heterocycles. The zero-order chi connectivity index (χ0) is 18.8. The van der Waals surface area contributed by atoms with Crippen LogP contribution >= 0.6 is 0 Å². The highest BCUT2D eigenvalue weighted by atomic mass is 19.1. The van der Waals surface area contributed by atoms with Gasteiger partial charge >= 0.3 is 6.01 Å². The zero-order valence-electron chi connectivity index (χ0n) is 13.9. The molecular formula is C20H13F2N3O2. The number of amides is 1. The summed E-state index contributed by atoms with van der Waals surface area (Å²) in [6.45, 7) is 0. The monoisotopic (exact) mass is 365 g/mol. The Bertz CT molecular complexity index is 1140. The van der Waals surface area contributed by atoms with E-state index in [4.69, 9.17) is 4.42 Å². The minimum Gasteiger partial charge on any atom is -0.403 e. The molecular weight excluding hydrogens is 352 g/mol. The molecule has 0 unspecified atom stereocenters. The van der Waals surface area contributed by atoms with Crippen molar-refractivity contribution in [3.05, 3.63) is 77.9 Å². The van der Waals surface area contributed by atoms with Crippen LogP contribution in [0.2, 0.25) is 0 Å². The summed E-state index contributed by atoms with van der Waals surface area (Å²) < 4.78 is 32.0. The lowest BCUT2D eigenvalue weighted by atomic mass is 10.1. The van der Waals surface area contributed by atoms with Crippen molar-refractivity contribution in [3.8, 4) is 11.5 Å². The Balaban J connectivity index is 1.47. The summed E-state index contributed by atoms with van der Waals surface area (Å²) in [5.41, 5.74) is 0.787. The largest absolute Gasteiger partial charge is 0.403 e. The highest BCUT2D eigenvalue weighted by molar-refractivity contribution is 5.91. The Morgan fingerprint density at radius 2 is 1.78 bits per heavy atom. The molecule has 1 aromatic heterocycles. The summed E-state index contributed by atoms with van der Waals surface area (Å²) in [4.78, 5) is 12.2. The van der Waals surface area contributed by atoms with E-state index in [0.717, 1.165) is 28.5 Å². The first kappa shape index (κ1) is 16.8. The maximum atomic E-state index is 13.8. The van der Waals surface area contributed by atoms with E-state index < -0.39 is 11.6 Å². The van der Waals surface area contributed by atoms with Crippen LogP contribution in [-0.4, -0.2) is 16.1 Å². The molecule has 0 fully saturated rings. The van der Waals surface area contributed by atoms with E-state index in [1.165, 1.54) is 6.07 Å².